The molecule has 2 aromatic carbocycles. The molecule has 1 aliphatic heterocycles. The molecule has 2 heterocycles. The van der Waals surface area contributed by atoms with Crippen LogP contribution in [0.1, 0.15) is 22.7 Å². The number of fused-ring (bicyclic) bond motifs is 3. The molecule has 0 N–H and O–H groups in total. The lowest BCUT2D eigenvalue weighted by Crippen LogP contribution is -2.17. The lowest BCUT2D eigenvalue weighted by molar-refractivity contribution is 0.397. The first-order valence-corrected chi connectivity index (χ1v) is 9.54. The van der Waals surface area contributed by atoms with E-state index in [9.17, 15) is 5.26 Å². The number of allylic oxidation sites excluding steroid dienone is 1. The summed E-state index contributed by atoms with van der Waals surface area (Å²) in [6, 6.07) is 17.8. The highest BCUT2D eigenvalue weighted by Crippen LogP contribution is 2.46. The van der Waals surface area contributed by atoms with Crippen LogP contribution in [-0.2, 0) is 0 Å². The Hall–Kier alpha value is -3.36. The molecule has 3 aromatic rings. The molecule has 0 aliphatic carbocycles. The van der Waals surface area contributed by atoms with E-state index in [0.29, 0.717) is 16.3 Å². The average Bonchev–Trinajstić information content (AvgIpc) is 2.71. The number of aromatic nitrogens is 1. The van der Waals surface area contributed by atoms with E-state index >= 15 is 0 Å². The Morgan fingerprint density at radius 3 is 2.55 bits per heavy atom. The van der Waals surface area contributed by atoms with Crippen LogP contribution in [0.4, 0.5) is 0 Å². The van der Waals surface area contributed by atoms with Gasteiger partial charge in [-0.05, 0) is 30.7 Å². The molecular weight excluding hydrogens is 384 g/mol. The van der Waals surface area contributed by atoms with Crippen LogP contribution in [0.2, 0.25) is 5.02 Å². The summed E-state index contributed by atoms with van der Waals surface area (Å²) in [4.78, 5) is 10.9. The fourth-order valence-corrected chi connectivity index (χ4v) is 3.54. The normalized spacial score (nSPS) is 15.9. The van der Waals surface area contributed by atoms with Crippen LogP contribution in [0.15, 0.2) is 65.0 Å². The average molecular weight is 403 g/mol. The molecule has 0 radical (unpaired) electrons. The Bertz CT molecular complexity index is 1190. The quantitative estimate of drug-likeness (QED) is 0.454. The number of pyridine rings is 1. The number of hydrogen-bond acceptors (Lipinski definition) is 4. The highest BCUT2D eigenvalue weighted by molar-refractivity contribution is 6.30. The van der Waals surface area contributed by atoms with Gasteiger partial charge in [0.05, 0.1) is 12.3 Å². The minimum absolute atomic E-state index is 0.282. The van der Waals surface area contributed by atoms with Crippen LogP contribution in [-0.4, -0.2) is 30.3 Å². The molecule has 0 saturated heterocycles. The number of rotatable bonds is 3. The Kier molecular flexibility index (Phi) is 4.96. The molecule has 6 heteroatoms. The summed E-state index contributed by atoms with van der Waals surface area (Å²) in [5.41, 5.74) is 3.94. The van der Waals surface area contributed by atoms with Gasteiger partial charge in [0.2, 0.25) is 5.88 Å². The van der Waals surface area contributed by atoms with Crippen LogP contribution in [0.5, 0.6) is 5.75 Å². The van der Waals surface area contributed by atoms with E-state index < -0.39 is 0 Å². The molecule has 1 atom stereocenters. The van der Waals surface area contributed by atoms with E-state index in [-0.39, 0.29) is 11.8 Å². The molecule has 0 amide bonds. The lowest BCUT2D eigenvalue weighted by Gasteiger charge is -2.27. The summed E-state index contributed by atoms with van der Waals surface area (Å²) in [5.74, 6) is 0.600. The van der Waals surface area contributed by atoms with E-state index in [1.807, 2.05) is 69.6 Å². The van der Waals surface area contributed by atoms with Crippen LogP contribution < -0.4 is 4.74 Å². The third-order valence-electron chi connectivity index (χ3n) is 4.74. The van der Waals surface area contributed by atoms with Gasteiger partial charge in [-0.1, -0.05) is 41.9 Å². The van der Waals surface area contributed by atoms with Crippen LogP contribution in [0.25, 0.3) is 10.9 Å². The zero-order chi connectivity index (χ0) is 20.5. The summed E-state index contributed by atoms with van der Waals surface area (Å²) >= 11 is 6.09. The van der Waals surface area contributed by atoms with Crippen molar-refractivity contribution in [2.45, 2.75) is 12.8 Å². The molecule has 0 fully saturated rings. The Labute approximate surface area is 174 Å². The highest BCUT2D eigenvalue weighted by atomic mass is 35.5. The zero-order valence-electron chi connectivity index (χ0n) is 16.3. The van der Waals surface area contributed by atoms with Gasteiger partial charge in [0.25, 0.3) is 0 Å². The van der Waals surface area contributed by atoms with Crippen molar-refractivity contribution in [3.63, 3.8) is 0 Å². The van der Waals surface area contributed by atoms with Gasteiger partial charge in [0.1, 0.15) is 17.2 Å². The second-order valence-electron chi connectivity index (χ2n) is 7.13. The standard InChI is InChI=1S/C23H19ClN4O/c1-14-4-5-16-8-11-18-20(15-6-9-17(24)10-7-15)19(12-25)23(26-13-28(2)3)29-22(18)21(16)27-14/h4-11,13,20H,1-3H3/b26-13+. The minimum atomic E-state index is -0.318. The fraction of sp³-hybridized carbons (Fsp3) is 0.174. The molecular formula is C23H19ClN4O. The van der Waals surface area contributed by atoms with Crippen LogP contribution in [0, 0.1) is 18.3 Å². The third kappa shape index (κ3) is 3.55. The number of nitriles is 1. The maximum atomic E-state index is 9.98. The molecule has 1 aliphatic rings. The van der Waals surface area contributed by atoms with Crippen molar-refractivity contribution in [3.05, 3.63) is 81.8 Å². The van der Waals surface area contributed by atoms with Gasteiger partial charge in [0.15, 0.2) is 5.75 Å². The van der Waals surface area contributed by atoms with E-state index in [0.717, 1.165) is 27.7 Å². The van der Waals surface area contributed by atoms with Crippen molar-refractivity contribution in [1.82, 2.24) is 9.88 Å². The largest absolute Gasteiger partial charge is 0.435 e. The molecule has 1 unspecified atom stereocenters. The van der Waals surface area contributed by atoms with E-state index in [1.165, 1.54) is 0 Å². The summed E-state index contributed by atoms with van der Waals surface area (Å²) in [5, 5.41) is 11.6. The van der Waals surface area contributed by atoms with Crippen molar-refractivity contribution in [3.8, 4) is 11.8 Å². The monoisotopic (exact) mass is 402 g/mol. The van der Waals surface area contributed by atoms with Crippen molar-refractivity contribution in [2.24, 2.45) is 4.99 Å². The lowest BCUT2D eigenvalue weighted by atomic mass is 9.83. The Balaban J connectivity index is 2.00. The van der Waals surface area contributed by atoms with Crippen LogP contribution >= 0.6 is 11.6 Å². The van der Waals surface area contributed by atoms with Gasteiger partial charge in [-0.2, -0.15) is 5.26 Å². The van der Waals surface area contributed by atoms with E-state index in [1.54, 1.807) is 11.2 Å². The second-order valence-corrected chi connectivity index (χ2v) is 7.57. The number of aryl methyl sites for hydroxylation is 1. The number of benzene rings is 2. The summed E-state index contributed by atoms with van der Waals surface area (Å²) in [6.07, 6.45) is 1.63. The predicted octanol–water partition coefficient (Wildman–Crippen LogP) is 5.05. The topological polar surface area (TPSA) is 61.5 Å². The first kappa shape index (κ1) is 19.0. The Morgan fingerprint density at radius 1 is 1.14 bits per heavy atom. The summed E-state index contributed by atoms with van der Waals surface area (Å²) in [7, 11) is 3.73. The zero-order valence-corrected chi connectivity index (χ0v) is 17.1. The molecule has 1 aromatic heterocycles. The van der Waals surface area contributed by atoms with Gasteiger partial charge in [-0.3, -0.25) is 0 Å². The number of ether oxygens (including phenoxy) is 1. The van der Waals surface area contributed by atoms with Crippen molar-refractivity contribution >= 4 is 28.8 Å². The maximum absolute atomic E-state index is 9.98. The molecule has 0 bridgehead atoms. The van der Waals surface area contributed by atoms with Crippen molar-refractivity contribution < 1.29 is 4.74 Å². The molecule has 29 heavy (non-hydrogen) atoms. The molecule has 4 rings (SSSR count). The molecule has 0 saturated carbocycles. The summed E-state index contributed by atoms with van der Waals surface area (Å²) < 4.78 is 6.17. The van der Waals surface area contributed by atoms with E-state index in [2.05, 4.69) is 11.1 Å². The highest BCUT2D eigenvalue weighted by Gasteiger charge is 2.33. The van der Waals surface area contributed by atoms with Gasteiger partial charge < -0.3 is 9.64 Å². The maximum Gasteiger partial charge on any atom is 0.235 e. The first-order valence-electron chi connectivity index (χ1n) is 9.16. The van der Waals surface area contributed by atoms with Crippen LogP contribution in [0.3, 0.4) is 0 Å². The minimum Gasteiger partial charge on any atom is -0.435 e. The van der Waals surface area contributed by atoms with E-state index in [4.69, 9.17) is 21.3 Å². The summed E-state index contributed by atoms with van der Waals surface area (Å²) in [6.45, 7) is 1.94. The van der Waals surface area contributed by atoms with Crippen molar-refractivity contribution in [2.75, 3.05) is 14.1 Å². The number of aliphatic imine (C=N–C) groups is 1. The van der Waals surface area contributed by atoms with Gasteiger partial charge in [0, 0.05) is 35.8 Å². The Morgan fingerprint density at radius 2 is 1.86 bits per heavy atom. The van der Waals surface area contributed by atoms with Gasteiger partial charge in [-0.25, -0.2) is 9.98 Å². The smallest absolute Gasteiger partial charge is 0.235 e. The number of halogens is 1. The number of hydrogen-bond donors (Lipinski definition) is 0. The fourth-order valence-electron chi connectivity index (χ4n) is 3.42. The predicted molar refractivity (Wildman–Crippen MR) is 115 cm³/mol. The molecule has 144 valence electrons. The van der Waals surface area contributed by atoms with Crippen molar-refractivity contribution in [1.29, 1.82) is 5.26 Å². The van der Waals surface area contributed by atoms with Gasteiger partial charge >= 0.3 is 0 Å². The second kappa shape index (κ2) is 7.57. The van der Waals surface area contributed by atoms with Gasteiger partial charge in [-0.15, -0.1) is 0 Å². The molecule has 0 spiro atoms. The SMILES string of the molecule is Cc1ccc2ccc3c(c2n1)OC(/N=C/N(C)C)=C(C#N)C3c1ccc(Cl)cc1. The third-order valence-corrected chi connectivity index (χ3v) is 5.00. The first-order chi connectivity index (χ1) is 14.0. The molecule has 5 nitrogen and oxygen atoms in total. The number of nitrogens with zero attached hydrogens (tertiary/aromatic N) is 4.